The summed E-state index contributed by atoms with van der Waals surface area (Å²) in [5.74, 6) is 0.557. The van der Waals surface area contributed by atoms with E-state index in [-0.39, 0.29) is 11.5 Å². The molecule has 0 N–H and O–H groups in total. The van der Waals surface area contributed by atoms with Gasteiger partial charge in [0.05, 0.1) is 10.3 Å². The van der Waals surface area contributed by atoms with Gasteiger partial charge in [0.25, 0.3) is 11.5 Å². The van der Waals surface area contributed by atoms with E-state index in [9.17, 15) is 9.59 Å². The number of carbonyl (C=O) groups is 1. The summed E-state index contributed by atoms with van der Waals surface area (Å²) in [5, 5.41) is 0.520. The quantitative estimate of drug-likeness (QED) is 0.690. The van der Waals surface area contributed by atoms with E-state index in [2.05, 4.69) is 11.9 Å². The standard InChI is InChI=1S/C17H17N3O2S/c1-11-5-4-7-19(10-11)17(22)13-9-12-15(23-13)18-14-6-2-3-8-20(14)16(12)21/h2-3,6,8-9,11H,4-5,7,10H2,1H3/t11-/m1/s1. The second-order valence-electron chi connectivity index (χ2n) is 6.17. The molecular weight excluding hydrogens is 310 g/mol. The Balaban J connectivity index is 1.79. The molecule has 1 atom stereocenters. The van der Waals surface area contributed by atoms with Crippen molar-refractivity contribution in [3.8, 4) is 0 Å². The lowest BCUT2D eigenvalue weighted by molar-refractivity contribution is 0.0688. The van der Waals surface area contributed by atoms with Gasteiger partial charge in [-0.3, -0.25) is 14.0 Å². The molecule has 0 aromatic carbocycles. The third-order valence-corrected chi connectivity index (χ3v) is 5.39. The van der Waals surface area contributed by atoms with Gasteiger partial charge in [-0.2, -0.15) is 0 Å². The molecule has 0 saturated carbocycles. The number of rotatable bonds is 1. The lowest BCUT2D eigenvalue weighted by Gasteiger charge is -2.30. The van der Waals surface area contributed by atoms with Crippen LogP contribution in [0.15, 0.2) is 35.3 Å². The molecule has 0 bridgehead atoms. The molecule has 1 amide bonds. The number of pyridine rings is 1. The zero-order valence-electron chi connectivity index (χ0n) is 12.9. The van der Waals surface area contributed by atoms with Gasteiger partial charge >= 0.3 is 0 Å². The lowest BCUT2D eigenvalue weighted by atomic mass is 10.0. The Morgan fingerprint density at radius 1 is 1.39 bits per heavy atom. The number of hydrogen-bond acceptors (Lipinski definition) is 4. The maximum atomic E-state index is 12.7. The van der Waals surface area contributed by atoms with Crippen LogP contribution in [-0.2, 0) is 0 Å². The highest BCUT2D eigenvalue weighted by Gasteiger charge is 2.24. The van der Waals surface area contributed by atoms with Gasteiger partial charge in [-0.1, -0.05) is 13.0 Å². The Morgan fingerprint density at radius 3 is 3.09 bits per heavy atom. The van der Waals surface area contributed by atoms with E-state index in [0.29, 0.717) is 26.7 Å². The second-order valence-corrected chi connectivity index (χ2v) is 7.20. The molecule has 4 heterocycles. The fourth-order valence-corrected chi connectivity index (χ4v) is 4.18. The molecule has 0 radical (unpaired) electrons. The maximum Gasteiger partial charge on any atom is 0.266 e. The van der Waals surface area contributed by atoms with Crippen molar-refractivity contribution >= 4 is 33.1 Å². The van der Waals surface area contributed by atoms with E-state index < -0.39 is 0 Å². The Morgan fingerprint density at radius 2 is 2.26 bits per heavy atom. The zero-order valence-corrected chi connectivity index (χ0v) is 13.7. The van der Waals surface area contributed by atoms with Crippen molar-refractivity contribution in [3.05, 3.63) is 45.7 Å². The average molecular weight is 327 g/mol. The van der Waals surface area contributed by atoms with Crippen LogP contribution in [0, 0.1) is 5.92 Å². The summed E-state index contributed by atoms with van der Waals surface area (Å²) in [6, 6.07) is 7.16. The molecule has 1 aliphatic heterocycles. The third kappa shape index (κ3) is 2.43. The van der Waals surface area contributed by atoms with Crippen LogP contribution in [0.4, 0.5) is 0 Å². The minimum absolute atomic E-state index is 0.0213. The van der Waals surface area contributed by atoms with E-state index >= 15 is 0 Å². The van der Waals surface area contributed by atoms with E-state index in [1.54, 1.807) is 24.4 Å². The molecule has 1 saturated heterocycles. The van der Waals surface area contributed by atoms with Crippen molar-refractivity contribution in [3.63, 3.8) is 0 Å². The number of amides is 1. The number of carbonyl (C=O) groups excluding carboxylic acids is 1. The highest BCUT2D eigenvalue weighted by Crippen LogP contribution is 2.25. The van der Waals surface area contributed by atoms with Gasteiger partial charge in [0.15, 0.2) is 0 Å². The van der Waals surface area contributed by atoms with Crippen molar-refractivity contribution in [2.24, 2.45) is 5.92 Å². The lowest BCUT2D eigenvalue weighted by Crippen LogP contribution is -2.38. The van der Waals surface area contributed by atoms with Crippen LogP contribution in [0.1, 0.15) is 29.4 Å². The van der Waals surface area contributed by atoms with Crippen LogP contribution in [-0.4, -0.2) is 33.3 Å². The number of likely N-dealkylation sites (tertiary alicyclic amines) is 1. The fourth-order valence-electron chi connectivity index (χ4n) is 3.18. The minimum atomic E-state index is -0.118. The number of piperidine rings is 1. The fraction of sp³-hybridized carbons (Fsp3) is 0.353. The summed E-state index contributed by atoms with van der Waals surface area (Å²) < 4.78 is 1.52. The van der Waals surface area contributed by atoms with Crippen LogP contribution in [0.2, 0.25) is 0 Å². The summed E-state index contributed by atoms with van der Waals surface area (Å²) in [6.07, 6.45) is 3.92. The van der Waals surface area contributed by atoms with Crippen LogP contribution >= 0.6 is 11.3 Å². The van der Waals surface area contributed by atoms with Crippen molar-refractivity contribution in [2.45, 2.75) is 19.8 Å². The number of thiophene rings is 1. The molecule has 3 aromatic heterocycles. The molecule has 5 nitrogen and oxygen atoms in total. The van der Waals surface area contributed by atoms with Crippen LogP contribution in [0.25, 0.3) is 15.9 Å². The summed E-state index contributed by atoms with van der Waals surface area (Å²) in [5.41, 5.74) is 0.491. The van der Waals surface area contributed by atoms with Gasteiger partial charge in [0.1, 0.15) is 10.5 Å². The molecule has 118 valence electrons. The molecule has 3 aromatic rings. The monoisotopic (exact) mass is 327 g/mol. The summed E-state index contributed by atoms with van der Waals surface area (Å²) in [6.45, 7) is 3.76. The van der Waals surface area contributed by atoms with E-state index in [1.165, 1.54) is 22.2 Å². The highest BCUT2D eigenvalue weighted by atomic mass is 32.1. The first kappa shape index (κ1) is 14.4. The molecule has 0 unspecified atom stereocenters. The van der Waals surface area contributed by atoms with E-state index in [4.69, 9.17) is 0 Å². The zero-order chi connectivity index (χ0) is 16.0. The van der Waals surface area contributed by atoms with Crippen LogP contribution in [0.3, 0.4) is 0 Å². The Kier molecular flexibility index (Phi) is 3.41. The SMILES string of the molecule is C[C@@H]1CCCN(C(=O)c2cc3c(=O)n4ccccc4nc3s2)C1. The van der Waals surface area contributed by atoms with Crippen molar-refractivity contribution < 1.29 is 4.79 Å². The molecule has 1 fully saturated rings. The predicted molar refractivity (Wildman–Crippen MR) is 91.1 cm³/mol. The predicted octanol–water partition coefficient (Wildman–Crippen LogP) is 2.78. The van der Waals surface area contributed by atoms with E-state index in [1.807, 2.05) is 11.0 Å². The smallest absolute Gasteiger partial charge is 0.266 e. The van der Waals surface area contributed by atoms with Crippen LogP contribution in [0.5, 0.6) is 0 Å². The summed E-state index contributed by atoms with van der Waals surface area (Å²) in [4.78, 5) is 32.9. The summed E-state index contributed by atoms with van der Waals surface area (Å²) in [7, 11) is 0. The Bertz CT molecular complexity index is 959. The number of aromatic nitrogens is 2. The molecular formula is C17H17N3O2S. The van der Waals surface area contributed by atoms with Gasteiger partial charge < -0.3 is 4.90 Å². The van der Waals surface area contributed by atoms with Gasteiger partial charge in [0, 0.05) is 19.3 Å². The van der Waals surface area contributed by atoms with Crippen molar-refractivity contribution in [1.29, 1.82) is 0 Å². The van der Waals surface area contributed by atoms with Gasteiger partial charge in [-0.25, -0.2) is 4.98 Å². The van der Waals surface area contributed by atoms with Crippen LogP contribution < -0.4 is 5.56 Å². The molecule has 6 heteroatoms. The largest absolute Gasteiger partial charge is 0.338 e. The first-order chi connectivity index (χ1) is 11.1. The Labute approximate surface area is 137 Å². The van der Waals surface area contributed by atoms with Gasteiger partial charge in [0.2, 0.25) is 0 Å². The van der Waals surface area contributed by atoms with Gasteiger partial charge in [-0.15, -0.1) is 11.3 Å². The second kappa shape index (κ2) is 5.45. The first-order valence-corrected chi connectivity index (χ1v) is 8.65. The normalized spacial score (nSPS) is 18.7. The molecule has 4 rings (SSSR count). The average Bonchev–Trinajstić information content (AvgIpc) is 2.99. The molecule has 1 aliphatic rings. The minimum Gasteiger partial charge on any atom is -0.338 e. The third-order valence-electron chi connectivity index (χ3n) is 4.37. The molecule has 23 heavy (non-hydrogen) atoms. The molecule has 0 aliphatic carbocycles. The number of hydrogen-bond donors (Lipinski definition) is 0. The van der Waals surface area contributed by atoms with Gasteiger partial charge in [-0.05, 0) is 37.0 Å². The Hall–Kier alpha value is -2.21. The maximum absolute atomic E-state index is 12.7. The highest BCUT2D eigenvalue weighted by molar-refractivity contribution is 7.20. The number of fused-ring (bicyclic) bond motifs is 2. The number of nitrogens with zero attached hydrogens (tertiary/aromatic N) is 3. The van der Waals surface area contributed by atoms with Crippen molar-refractivity contribution in [2.75, 3.05) is 13.1 Å². The van der Waals surface area contributed by atoms with Crippen molar-refractivity contribution in [1.82, 2.24) is 14.3 Å². The topological polar surface area (TPSA) is 54.7 Å². The molecule has 0 spiro atoms. The first-order valence-electron chi connectivity index (χ1n) is 7.84. The van der Waals surface area contributed by atoms with E-state index in [0.717, 1.165) is 19.5 Å². The summed E-state index contributed by atoms with van der Waals surface area (Å²) >= 11 is 1.31.